The zero-order chi connectivity index (χ0) is 11.6. The van der Waals surface area contributed by atoms with Crippen molar-refractivity contribution < 1.29 is 30.3 Å². The van der Waals surface area contributed by atoms with E-state index in [4.69, 9.17) is 31.9 Å². The molecule has 0 unspecified atom stereocenters. The summed E-state index contributed by atoms with van der Waals surface area (Å²) < 4.78 is 0. The summed E-state index contributed by atoms with van der Waals surface area (Å²) in [7, 11) is 0. The van der Waals surface area contributed by atoms with E-state index >= 15 is 0 Å². The van der Waals surface area contributed by atoms with E-state index in [0.29, 0.717) is 0 Å². The molecule has 0 fully saturated rings. The molecule has 0 saturated carbocycles. The molecule has 0 rings (SSSR count). The van der Waals surface area contributed by atoms with Gasteiger partial charge in [0.25, 0.3) is 0 Å². The molecule has 0 amide bonds. The lowest BCUT2D eigenvalue weighted by Crippen LogP contribution is -2.71. The Labute approximate surface area is 79.4 Å². The lowest BCUT2D eigenvalue weighted by atomic mass is 9.93. The van der Waals surface area contributed by atoms with Crippen molar-refractivity contribution in [3.8, 4) is 0 Å². The predicted octanol–water partition coefficient (Wildman–Crippen LogP) is -4.81. The Hall–Kier alpha value is -0.610. The van der Waals surface area contributed by atoms with E-state index in [1.165, 1.54) is 0 Å². The summed E-state index contributed by atoms with van der Waals surface area (Å²) in [5.41, 5.74) is 4.22. The second-order valence-electron chi connectivity index (χ2n) is 2.99. The van der Waals surface area contributed by atoms with Crippen LogP contribution in [0.3, 0.4) is 0 Å². The second-order valence-corrected chi connectivity index (χ2v) is 2.99. The fourth-order valence-corrected chi connectivity index (χ4v) is 0.763. The minimum atomic E-state index is -2.81. The van der Waals surface area contributed by atoms with Crippen molar-refractivity contribution in [2.75, 3.05) is 6.61 Å². The Morgan fingerprint density at radius 1 is 1.29 bits per heavy atom. The van der Waals surface area contributed by atoms with Gasteiger partial charge in [0.2, 0.25) is 5.72 Å². The van der Waals surface area contributed by atoms with Gasteiger partial charge in [-0.3, -0.25) is 16.3 Å². The Morgan fingerprint density at radius 2 is 1.71 bits per heavy atom. The van der Waals surface area contributed by atoms with E-state index in [1.54, 1.807) is 0 Å². The third-order valence-corrected chi connectivity index (χ3v) is 1.77. The van der Waals surface area contributed by atoms with Crippen LogP contribution in [-0.4, -0.2) is 62.1 Å². The summed E-state index contributed by atoms with van der Waals surface area (Å²) in [6.07, 6.45) is -4.54. The van der Waals surface area contributed by atoms with Gasteiger partial charge in [-0.05, 0) is 0 Å². The van der Waals surface area contributed by atoms with Gasteiger partial charge in [0.05, 0.1) is 6.61 Å². The lowest BCUT2D eigenvalue weighted by Gasteiger charge is -2.37. The summed E-state index contributed by atoms with van der Waals surface area (Å²) in [5.74, 6) is 0. The molecule has 84 valence electrons. The lowest BCUT2D eigenvalue weighted by molar-refractivity contribution is -0.206. The van der Waals surface area contributed by atoms with Crippen molar-refractivity contribution in [3.63, 3.8) is 0 Å². The Morgan fingerprint density at radius 3 is 2.00 bits per heavy atom. The first kappa shape index (κ1) is 13.4. The van der Waals surface area contributed by atoms with Gasteiger partial charge < -0.3 is 25.5 Å². The molecule has 9 N–H and O–H groups in total. The highest BCUT2D eigenvalue weighted by atomic mass is 16.4. The summed E-state index contributed by atoms with van der Waals surface area (Å²) in [4.78, 5) is 10.2. The Bertz CT molecular complexity index is 206. The summed E-state index contributed by atoms with van der Waals surface area (Å²) >= 11 is 0. The average molecular weight is 210 g/mol. The number of carbonyl (C=O) groups is 1. The molecule has 0 aromatic heterocycles. The molecule has 0 radical (unpaired) electrons. The quantitative estimate of drug-likeness (QED) is 0.175. The third kappa shape index (κ3) is 2.45. The van der Waals surface area contributed by atoms with Crippen LogP contribution >= 0.6 is 0 Å². The largest absolute Gasteiger partial charge is 0.394 e. The van der Waals surface area contributed by atoms with Gasteiger partial charge >= 0.3 is 0 Å². The first-order chi connectivity index (χ1) is 6.20. The molecular weight excluding hydrogens is 196 g/mol. The maximum absolute atomic E-state index is 10.2. The SMILES string of the molecule is N[C@@](O)([C@H](O)CO)[C@H](O)[C@@](N)(O)C=O. The highest BCUT2D eigenvalue weighted by Crippen LogP contribution is 2.15. The standard InChI is InChI=1S/C6H14N2O6/c7-5(13,2-10)4(12)6(8,14)3(11)1-9/h2-4,9,11-14H,1,7-8H2/t3-,4-,5+,6-/m1/s1. The Balaban J connectivity index is 4.82. The van der Waals surface area contributed by atoms with Crippen molar-refractivity contribution in [2.24, 2.45) is 11.5 Å². The maximum atomic E-state index is 10.2. The molecule has 0 spiro atoms. The molecule has 0 heterocycles. The number of carbonyl (C=O) groups excluding carboxylic acids is 1. The van der Waals surface area contributed by atoms with Gasteiger partial charge in [-0.1, -0.05) is 0 Å². The predicted molar refractivity (Wildman–Crippen MR) is 43.4 cm³/mol. The number of aliphatic hydroxyl groups excluding tert-OH is 3. The summed E-state index contributed by atoms with van der Waals surface area (Å²) in [6, 6.07) is 0. The minimum absolute atomic E-state index is 0.250. The molecule has 0 aliphatic carbocycles. The summed E-state index contributed by atoms with van der Waals surface area (Å²) in [5, 5.41) is 44.8. The molecular formula is C6H14N2O6. The highest BCUT2D eigenvalue weighted by molar-refractivity contribution is 5.62. The molecule has 4 atom stereocenters. The van der Waals surface area contributed by atoms with Crippen LogP contribution in [0.15, 0.2) is 0 Å². The van der Waals surface area contributed by atoms with Crippen LogP contribution in [0.2, 0.25) is 0 Å². The van der Waals surface area contributed by atoms with Crippen molar-refractivity contribution in [1.82, 2.24) is 0 Å². The van der Waals surface area contributed by atoms with Crippen molar-refractivity contribution in [1.29, 1.82) is 0 Å². The minimum Gasteiger partial charge on any atom is -0.394 e. The number of rotatable bonds is 5. The molecule has 0 saturated heterocycles. The van der Waals surface area contributed by atoms with Crippen molar-refractivity contribution in [3.05, 3.63) is 0 Å². The van der Waals surface area contributed by atoms with E-state index in [9.17, 15) is 9.90 Å². The van der Waals surface area contributed by atoms with Crippen LogP contribution in [0.4, 0.5) is 0 Å². The third-order valence-electron chi connectivity index (χ3n) is 1.77. The maximum Gasteiger partial charge on any atom is 0.201 e. The molecule has 8 nitrogen and oxygen atoms in total. The zero-order valence-electron chi connectivity index (χ0n) is 7.24. The number of hydrogen-bond acceptors (Lipinski definition) is 8. The first-order valence-corrected chi connectivity index (χ1v) is 3.66. The Kier molecular flexibility index (Phi) is 4.09. The van der Waals surface area contributed by atoms with Crippen LogP contribution in [0, 0.1) is 0 Å². The molecule has 8 heteroatoms. The van der Waals surface area contributed by atoms with E-state index in [-0.39, 0.29) is 6.29 Å². The fraction of sp³-hybridized carbons (Fsp3) is 0.833. The van der Waals surface area contributed by atoms with Gasteiger partial charge in [0.1, 0.15) is 12.2 Å². The van der Waals surface area contributed by atoms with E-state index < -0.39 is 30.3 Å². The van der Waals surface area contributed by atoms with Crippen molar-refractivity contribution >= 4 is 6.29 Å². The van der Waals surface area contributed by atoms with Crippen LogP contribution in [-0.2, 0) is 4.79 Å². The normalized spacial score (nSPS) is 24.5. The molecule has 0 bridgehead atoms. The van der Waals surface area contributed by atoms with Crippen LogP contribution in [0.5, 0.6) is 0 Å². The molecule has 0 aliphatic rings. The molecule has 0 aromatic carbocycles. The summed E-state index contributed by atoms with van der Waals surface area (Å²) in [6.45, 7) is -0.973. The number of aliphatic hydroxyl groups is 5. The number of nitrogens with two attached hydrogens (primary N) is 2. The zero-order valence-corrected chi connectivity index (χ0v) is 7.24. The van der Waals surface area contributed by atoms with Crippen molar-refractivity contribution in [2.45, 2.75) is 23.7 Å². The van der Waals surface area contributed by atoms with Gasteiger partial charge in [-0.2, -0.15) is 0 Å². The molecule has 0 aliphatic heterocycles. The van der Waals surface area contributed by atoms with E-state index in [0.717, 1.165) is 0 Å². The van der Waals surface area contributed by atoms with E-state index in [1.807, 2.05) is 0 Å². The van der Waals surface area contributed by atoms with Gasteiger partial charge in [0, 0.05) is 0 Å². The van der Waals surface area contributed by atoms with Crippen LogP contribution in [0.25, 0.3) is 0 Å². The average Bonchev–Trinajstić information content (AvgIpc) is 2.15. The second kappa shape index (κ2) is 4.28. The monoisotopic (exact) mass is 210 g/mol. The van der Waals surface area contributed by atoms with Gasteiger partial charge in [-0.25, -0.2) is 0 Å². The molecule has 0 aromatic rings. The first-order valence-electron chi connectivity index (χ1n) is 3.66. The molecule has 14 heavy (non-hydrogen) atoms. The van der Waals surface area contributed by atoms with Crippen LogP contribution in [0.1, 0.15) is 0 Å². The van der Waals surface area contributed by atoms with Crippen LogP contribution < -0.4 is 11.5 Å². The van der Waals surface area contributed by atoms with E-state index in [2.05, 4.69) is 0 Å². The number of hydrogen-bond donors (Lipinski definition) is 7. The number of aldehydes is 1. The topological polar surface area (TPSA) is 170 Å². The van der Waals surface area contributed by atoms with Gasteiger partial charge in [0.15, 0.2) is 12.0 Å². The highest BCUT2D eigenvalue weighted by Gasteiger charge is 2.48. The van der Waals surface area contributed by atoms with Gasteiger partial charge in [-0.15, -0.1) is 0 Å². The fourth-order valence-electron chi connectivity index (χ4n) is 0.763. The smallest absolute Gasteiger partial charge is 0.201 e.